The fraction of sp³-hybridized carbons (Fsp3) is 0.700. The van der Waals surface area contributed by atoms with Crippen LogP contribution in [0.1, 0.15) is 38.5 Å². The minimum absolute atomic E-state index is 0.703. The van der Waals surface area contributed by atoms with Crippen molar-refractivity contribution in [3.8, 4) is 0 Å². The first kappa shape index (κ1) is 8.60. The largest absolute Gasteiger partial charge is 0.465 e. The summed E-state index contributed by atoms with van der Waals surface area (Å²) in [5.41, 5.74) is 2.52. The molecule has 1 heterocycles. The molecule has 0 saturated carbocycles. The Bertz CT molecular complexity index is 254. The van der Waals surface area contributed by atoms with Gasteiger partial charge in [-0.2, -0.15) is 0 Å². The molecule has 0 aromatic carbocycles. The summed E-state index contributed by atoms with van der Waals surface area (Å²) >= 11 is 0. The van der Waals surface area contributed by atoms with E-state index < -0.39 is 6.09 Å². The Morgan fingerprint density at radius 3 is 2.62 bits per heavy atom. The topological polar surface area (TPSA) is 40.5 Å². The average molecular weight is 181 g/mol. The molecule has 2 rings (SSSR count). The van der Waals surface area contributed by atoms with Crippen LogP contribution in [-0.4, -0.2) is 22.6 Å². The third-order valence-corrected chi connectivity index (χ3v) is 2.97. The van der Waals surface area contributed by atoms with Gasteiger partial charge in [0.15, 0.2) is 0 Å². The minimum atomic E-state index is -0.769. The molecule has 0 spiro atoms. The van der Waals surface area contributed by atoms with Gasteiger partial charge in [-0.15, -0.1) is 0 Å². The van der Waals surface area contributed by atoms with Crippen LogP contribution in [0.3, 0.4) is 0 Å². The Morgan fingerprint density at radius 2 is 1.85 bits per heavy atom. The van der Waals surface area contributed by atoms with E-state index in [9.17, 15) is 4.79 Å². The van der Waals surface area contributed by atoms with Crippen molar-refractivity contribution in [3.63, 3.8) is 0 Å². The van der Waals surface area contributed by atoms with Crippen LogP contribution < -0.4 is 0 Å². The number of carboxylic acid groups (broad SMARTS) is 1. The highest BCUT2D eigenvalue weighted by Gasteiger charge is 2.25. The Morgan fingerprint density at radius 1 is 1.15 bits per heavy atom. The van der Waals surface area contributed by atoms with Crippen molar-refractivity contribution in [1.82, 2.24) is 4.90 Å². The van der Waals surface area contributed by atoms with Gasteiger partial charge < -0.3 is 5.11 Å². The summed E-state index contributed by atoms with van der Waals surface area (Å²) in [7, 11) is 0. The summed E-state index contributed by atoms with van der Waals surface area (Å²) in [6.07, 6.45) is 5.86. The summed E-state index contributed by atoms with van der Waals surface area (Å²) in [6, 6.07) is 0. The molecular weight excluding hydrogens is 166 g/mol. The normalized spacial score (nSPS) is 22.9. The molecule has 3 nitrogen and oxygen atoms in total. The van der Waals surface area contributed by atoms with Crippen molar-refractivity contribution in [3.05, 3.63) is 11.3 Å². The summed E-state index contributed by atoms with van der Waals surface area (Å²) in [5.74, 6) is 0. The molecule has 1 aliphatic carbocycles. The van der Waals surface area contributed by atoms with E-state index in [4.69, 9.17) is 5.11 Å². The SMILES string of the molecule is O=C(O)N1CCCC2=C1CCCC2. The summed E-state index contributed by atoms with van der Waals surface area (Å²) in [6.45, 7) is 0.703. The van der Waals surface area contributed by atoms with Gasteiger partial charge >= 0.3 is 6.09 Å². The molecule has 1 aliphatic heterocycles. The lowest BCUT2D eigenvalue weighted by molar-refractivity contribution is 0.151. The summed E-state index contributed by atoms with van der Waals surface area (Å²) < 4.78 is 0. The van der Waals surface area contributed by atoms with Crippen molar-refractivity contribution in [1.29, 1.82) is 0 Å². The highest BCUT2D eigenvalue weighted by molar-refractivity contribution is 5.68. The predicted octanol–water partition coefficient (Wildman–Crippen LogP) is 2.59. The van der Waals surface area contributed by atoms with E-state index in [0.717, 1.165) is 37.8 Å². The highest BCUT2D eigenvalue weighted by atomic mass is 16.4. The van der Waals surface area contributed by atoms with Gasteiger partial charge in [0.25, 0.3) is 0 Å². The lowest BCUT2D eigenvalue weighted by atomic mass is 9.90. The van der Waals surface area contributed by atoms with E-state index in [1.807, 2.05) is 0 Å². The van der Waals surface area contributed by atoms with Crippen molar-refractivity contribution in [2.75, 3.05) is 6.54 Å². The average Bonchev–Trinajstić information content (AvgIpc) is 2.17. The first-order valence-corrected chi connectivity index (χ1v) is 5.00. The van der Waals surface area contributed by atoms with Crippen LogP contribution >= 0.6 is 0 Å². The zero-order chi connectivity index (χ0) is 9.26. The molecule has 0 aromatic rings. The number of allylic oxidation sites excluding steroid dienone is 2. The third kappa shape index (κ3) is 1.55. The molecule has 0 bridgehead atoms. The van der Waals surface area contributed by atoms with E-state index in [-0.39, 0.29) is 0 Å². The molecule has 2 aliphatic rings. The first-order chi connectivity index (χ1) is 6.29. The molecule has 1 amide bonds. The van der Waals surface area contributed by atoms with Gasteiger partial charge in [-0.1, -0.05) is 5.57 Å². The van der Waals surface area contributed by atoms with Gasteiger partial charge in [0, 0.05) is 12.2 Å². The smallest absolute Gasteiger partial charge is 0.411 e. The molecule has 0 saturated heterocycles. The minimum Gasteiger partial charge on any atom is -0.465 e. The van der Waals surface area contributed by atoms with Crippen LogP contribution in [0.2, 0.25) is 0 Å². The fourth-order valence-electron chi connectivity index (χ4n) is 2.34. The van der Waals surface area contributed by atoms with Gasteiger partial charge in [0.1, 0.15) is 0 Å². The predicted molar refractivity (Wildman–Crippen MR) is 49.5 cm³/mol. The second-order valence-corrected chi connectivity index (χ2v) is 3.80. The van der Waals surface area contributed by atoms with Crippen molar-refractivity contribution < 1.29 is 9.90 Å². The molecule has 72 valence electrons. The summed E-state index contributed by atoms with van der Waals surface area (Å²) in [5, 5.41) is 8.97. The molecule has 13 heavy (non-hydrogen) atoms. The van der Waals surface area contributed by atoms with E-state index in [2.05, 4.69) is 0 Å². The van der Waals surface area contributed by atoms with Gasteiger partial charge in [0.2, 0.25) is 0 Å². The number of hydrogen-bond acceptors (Lipinski definition) is 1. The molecule has 0 aromatic heterocycles. The van der Waals surface area contributed by atoms with E-state index in [1.165, 1.54) is 12.0 Å². The quantitative estimate of drug-likeness (QED) is 0.624. The number of carbonyl (C=O) groups is 1. The number of hydrogen-bond donors (Lipinski definition) is 1. The maximum atomic E-state index is 10.9. The second kappa shape index (κ2) is 3.40. The van der Waals surface area contributed by atoms with E-state index in [1.54, 1.807) is 4.90 Å². The highest BCUT2D eigenvalue weighted by Crippen LogP contribution is 2.33. The zero-order valence-corrected chi connectivity index (χ0v) is 7.75. The second-order valence-electron chi connectivity index (χ2n) is 3.80. The number of nitrogens with zero attached hydrogens (tertiary/aromatic N) is 1. The lowest BCUT2D eigenvalue weighted by Gasteiger charge is -2.32. The third-order valence-electron chi connectivity index (χ3n) is 2.97. The maximum Gasteiger partial charge on any atom is 0.411 e. The van der Waals surface area contributed by atoms with Gasteiger partial charge in [-0.25, -0.2) is 4.79 Å². The Balaban J connectivity index is 2.25. The molecule has 1 N–H and O–H groups in total. The van der Waals surface area contributed by atoms with Crippen molar-refractivity contribution in [2.45, 2.75) is 38.5 Å². The molecule has 3 heteroatoms. The summed E-state index contributed by atoms with van der Waals surface area (Å²) in [4.78, 5) is 12.5. The van der Waals surface area contributed by atoms with Crippen LogP contribution in [0, 0.1) is 0 Å². The molecule has 0 atom stereocenters. The fourth-order valence-corrected chi connectivity index (χ4v) is 2.34. The first-order valence-electron chi connectivity index (χ1n) is 5.00. The number of rotatable bonds is 0. The van der Waals surface area contributed by atoms with Gasteiger partial charge in [0.05, 0.1) is 0 Å². The van der Waals surface area contributed by atoms with Crippen LogP contribution in [0.15, 0.2) is 11.3 Å². The van der Waals surface area contributed by atoms with E-state index in [0.29, 0.717) is 6.54 Å². The monoisotopic (exact) mass is 181 g/mol. The molecular formula is C10H15NO2. The van der Waals surface area contributed by atoms with Crippen molar-refractivity contribution >= 4 is 6.09 Å². The zero-order valence-electron chi connectivity index (χ0n) is 7.75. The molecule has 0 unspecified atom stereocenters. The Hall–Kier alpha value is -0.990. The van der Waals surface area contributed by atoms with Crippen LogP contribution in [0.5, 0.6) is 0 Å². The Kier molecular flexibility index (Phi) is 2.25. The van der Waals surface area contributed by atoms with E-state index >= 15 is 0 Å². The van der Waals surface area contributed by atoms with Gasteiger partial charge in [-0.3, -0.25) is 4.90 Å². The maximum absolute atomic E-state index is 10.9. The standard InChI is InChI=1S/C10H15NO2/c12-10(13)11-7-3-5-8-4-1-2-6-9(8)11/h1-7H2,(H,12,13). The van der Waals surface area contributed by atoms with Gasteiger partial charge in [-0.05, 0) is 38.5 Å². The lowest BCUT2D eigenvalue weighted by Crippen LogP contribution is -2.34. The van der Waals surface area contributed by atoms with Crippen LogP contribution in [-0.2, 0) is 0 Å². The van der Waals surface area contributed by atoms with Crippen LogP contribution in [0.4, 0.5) is 4.79 Å². The molecule has 0 radical (unpaired) electrons. The number of amides is 1. The van der Waals surface area contributed by atoms with Crippen LogP contribution in [0.25, 0.3) is 0 Å². The Labute approximate surface area is 78.0 Å². The molecule has 0 fully saturated rings. The van der Waals surface area contributed by atoms with Crippen molar-refractivity contribution in [2.24, 2.45) is 0 Å².